The maximum atomic E-state index is 13.0. The van der Waals surface area contributed by atoms with Crippen LogP contribution in [0.4, 0.5) is 0 Å². The van der Waals surface area contributed by atoms with Gasteiger partial charge in [-0.05, 0) is 36.2 Å². The number of fused-ring (bicyclic) bond motifs is 1. The molecule has 26 heavy (non-hydrogen) atoms. The summed E-state index contributed by atoms with van der Waals surface area (Å²) in [4.78, 5) is 25.8. The van der Waals surface area contributed by atoms with E-state index in [0.29, 0.717) is 11.6 Å². The van der Waals surface area contributed by atoms with Gasteiger partial charge in [-0.2, -0.15) is 0 Å². The summed E-state index contributed by atoms with van der Waals surface area (Å²) in [6.45, 7) is 3.40. The van der Waals surface area contributed by atoms with Crippen molar-refractivity contribution in [1.82, 2.24) is 19.8 Å². The number of carbonyl (C=O) groups excluding carboxylic acids is 1. The second kappa shape index (κ2) is 7.51. The molecular weight excluding hydrogens is 328 g/mol. The van der Waals surface area contributed by atoms with Crippen LogP contribution in [0.2, 0.25) is 0 Å². The first-order valence-electron chi connectivity index (χ1n) is 9.12. The maximum absolute atomic E-state index is 13.0. The molecule has 2 fully saturated rings. The lowest BCUT2D eigenvalue weighted by molar-refractivity contribution is -0.0158. The summed E-state index contributed by atoms with van der Waals surface area (Å²) in [7, 11) is 1.78. The Hall–Kier alpha value is -2.31. The lowest BCUT2D eigenvalue weighted by atomic mass is 9.88. The van der Waals surface area contributed by atoms with Crippen molar-refractivity contribution in [2.75, 3.05) is 26.7 Å². The number of likely N-dealkylation sites (tertiary alicyclic amines) is 2. The minimum absolute atomic E-state index is 0.0286. The highest BCUT2D eigenvalue weighted by Gasteiger charge is 2.46. The van der Waals surface area contributed by atoms with Crippen molar-refractivity contribution in [3.05, 3.63) is 60.2 Å². The number of nitrogens with zero attached hydrogens (tertiary/aromatic N) is 4. The summed E-state index contributed by atoms with van der Waals surface area (Å²) in [6, 6.07) is 9.76. The smallest absolute Gasteiger partial charge is 0.272 e. The van der Waals surface area contributed by atoms with Crippen molar-refractivity contribution in [3.63, 3.8) is 0 Å². The number of piperidine rings is 1. The molecule has 2 aliphatic heterocycles. The third kappa shape index (κ3) is 3.34. The van der Waals surface area contributed by atoms with Gasteiger partial charge >= 0.3 is 0 Å². The van der Waals surface area contributed by atoms with E-state index in [2.05, 4.69) is 14.9 Å². The van der Waals surface area contributed by atoms with Crippen molar-refractivity contribution in [2.24, 2.45) is 5.92 Å². The number of aromatic nitrogens is 2. The number of carbonyl (C=O) groups is 1. The predicted octanol–water partition coefficient (Wildman–Crippen LogP) is 1.84. The summed E-state index contributed by atoms with van der Waals surface area (Å²) in [6.07, 6.45) is 6.41. The fourth-order valence-electron chi connectivity index (χ4n) is 4.29. The highest BCUT2D eigenvalue weighted by Crippen LogP contribution is 2.33. The number of ether oxygens (including phenoxy) is 1. The van der Waals surface area contributed by atoms with Crippen LogP contribution in [0.15, 0.2) is 48.9 Å². The topological polar surface area (TPSA) is 58.6 Å². The first-order chi connectivity index (χ1) is 12.8. The highest BCUT2D eigenvalue weighted by molar-refractivity contribution is 5.92. The van der Waals surface area contributed by atoms with Gasteiger partial charge in [-0.1, -0.05) is 6.07 Å². The van der Waals surface area contributed by atoms with Crippen LogP contribution in [-0.2, 0) is 11.3 Å². The van der Waals surface area contributed by atoms with Gasteiger partial charge in [0.1, 0.15) is 5.69 Å². The van der Waals surface area contributed by atoms with E-state index in [1.165, 1.54) is 5.56 Å². The Bertz CT molecular complexity index is 740. The molecule has 4 heterocycles. The van der Waals surface area contributed by atoms with E-state index in [4.69, 9.17) is 4.74 Å². The molecule has 0 N–H and O–H groups in total. The minimum atomic E-state index is 0.0286. The SMILES string of the molecule is CO[C@@H]1CCN(C(=O)c2ccccn2)[C@@H]2CN(Cc3ccncc3)C[C@@H]21. The standard InChI is InChI=1S/C20H24N4O2/c1-26-19-7-11-24(20(25)17-4-2-3-8-22-17)18-14-23(13-16(18)19)12-15-5-9-21-10-6-15/h2-6,8-10,16,18-19H,7,11-14H2,1H3/t16-,18+,19+/m0/s1. The summed E-state index contributed by atoms with van der Waals surface area (Å²) in [5, 5.41) is 0. The lowest BCUT2D eigenvalue weighted by Gasteiger charge is -2.40. The van der Waals surface area contributed by atoms with Crippen molar-refractivity contribution in [3.8, 4) is 0 Å². The van der Waals surface area contributed by atoms with E-state index >= 15 is 0 Å². The molecule has 4 rings (SSSR count). The molecule has 0 saturated carbocycles. The van der Waals surface area contributed by atoms with Crippen LogP contribution < -0.4 is 0 Å². The van der Waals surface area contributed by atoms with Gasteiger partial charge in [-0.25, -0.2) is 0 Å². The molecule has 6 nitrogen and oxygen atoms in total. The number of hydrogen-bond acceptors (Lipinski definition) is 5. The Kier molecular flexibility index (Phi) is 4.95. The van der Waals surface area contributed by atoms with Crippen LogP contribution in [0.3, 0.4) is 0 Å². The zero-order valence-electron chi connectivity index (χ0n) is 15.0. The molecule has 2 aromatic heterocycles. The zero-order valence-corrected chi connectivity index (χ0v) is 15.0. The summed E-state index contributed by atoms with van der Waals surface area (Å²) in [5.74, 6) is 0.365. The van der Waals surface area contributed by atoms with E-state index < -0.39 is 0 Å². The average molecular weight is 352 g/mol. The number of hydrogen-bond donors (Lipinski definition) is 0. The molecule has 0 unspecified atom stereocenters. The molecule has 0 spiro atoms. The molecule has 3 atom stereocenters. The van der Waals surface area contributed by atoms with Gasteiger partial charge in [0.25, 0.3) is 5.91 Å². The molecular formula is C20H24N4O2. The molecule has 136 valence electrons. The predicted molar refractivity (Wildman–Crippen MR) is 97.5 cm³/mol. The van der Waals surface area contributed by atoms with Crippen molar-refractivity contribution in [2.45, 2.75) is 25.1 Å². The summed E-state index contributed by atoms with van der Waals surface area (Å²) < 4.78 is 5.75. The lowest BCUT2D eigenvalue weighted by Crippen LogP contribution is -2.53. The summed E-state index contributed by atoms with van der Waals surface area (Å²) in [5.41, 5.74) is 1.77. The van der Waals surface area contributed by atoms with Gasteiger partial charge in [0.05, 0.1) is 12.1 Å². The monoisotopic (exact) mass is 352 g/mol. The Morgan fingerprint density at radius 3 is 2.77 bits per heavy atom. The molecule has 1 amide bonds. The second-order valence-corrected chi connectivity index (χ2v) is 7.06. The second-order valence-electron chi connectivity index (χ2n) is 7.06. The first kappa shape index (κ1) is 17.1. The minimum Gasteiger partial charge on any atom is -0.381 e. The van der Waals surface area contributed by atoms with Crippen LogP contribution in [0.25, 0.3) is 0 Å². The molecule has 2 saturated heterocycles. The fraction of sp³-hybridized carbons (Fsp3) is 0.450. The zero-order chi connectivity index (χ0) is 17.9. The van der Waals surface area contributed by atoms with Crippen LogP contribution in [0.5, 0.6) is 0 Å². The van der Waals surface area contributed by atoms with E-state index in [-0.39, 0.29) is 18.1 Å². The fourth-order valence-corrected chi connectivity index (χ4v) is 4.29. The van der Waals surface area contributed by atoms with Gasteiger partial charge in [0.2, 0.25) is 0 Å². The van der Waals surface area contributed by atoms with Crippen LogP contribution >= 0.6 is 0 Å². The van der Waals surface area contributed by atoms with Crippen LogP contribution in [0.1, 0.15) is 22.5 Å². The third-order valence-electron chi connectivity index (χ3n) is 5.54. The molecule has 0 radical (unpaired) electrons. The van der Waals surface area contributed by atoms with Crippen molar-refractivity contribution in [1.29, 1.82) is 0 Å². The first-order valence-corrected chi connectivity index (χ1v) is 9.12. The average Bonchev–Trinajstić information content (AvgIpc) is 3.11. The number of pyridine rings is 2. The molecule has 2 aromatic rings. The number of amides is 1. The van der Waals surface area contributed by atoms with Gasteiger partial charge in [0.15, 0.2) is 0 Å². The summed E-state index contributed by atoms with van der Waals surface area (Å²) >= 11 is 0. The third-order valence-corrected chi connectivity index (χ3v) is 5.54. The van der Waals surface area contributed by atoms with Crippen LogP contribution in [-0.4, -0.2) is 64.6 Å². The Morgan fingerprint density at radius 1 is 1.19 bits per heavy atom. The Labute approximate surface area is 153 Å². The van der Waals surface area contributed by atoms with Gasteiger partial charge in [-0.15, -0.1) is 0 Å². The van der Waals surface area contributed by atoms with Gasteiger partial charge in [0, 0.05) is 57.8 Å². The molecule has 0 aliphatic carbocycles. The van der Waals surface area contributed by atoms with Crippen LogP contribution in [0, 0.1) is 5.92 Å². The number of methoxy groups -OCH3 is 1. The molecule has 6 heteroatoms. The van der Waals surface area contributed by atoms with E-state index in [1.807, 2.05) is 41.6 Å². The van der Waals surface area contributed by atoms with E-state index in [1.54, 1.807) is 19.4 Å². The van der Waals surface area contributed by atoms with E-state index in [0.717, 1.165) is 32.6 Å². The van der Waals surface area contributed by atoms with Crippen molar-refractivity contribution < 1.29 is 9.53 Å². The highest BCUT2D eigenvalue weighted by atomic mass is 16.5. The Morgan fingerprint density at radius 2 is 2.04 bits per heavy atom. The maximum Gasteiger partial charge on any atom is 0.272 e. The largest absolute Gasteiger partial charge is 0.381 e. The van der Waals surface area contributed by atoms with Crippen molar-refractivity contribution >= 4 is 5.91 Å². The normalized spacial score (nSPS) is 25.9. The number of rotatable bonds is 4. The molecule has 2 aliphatic rings. The molecule has 0 aromatic carbocycles. The molecule has 0 bridgehead atoms. The Balaban J connectivity index is 1.53. The van der Waals surface area contributed by atoms with E-state index in [9.17, 15) is 4.79 Å². The quantitative estimate of drug-likeness (QED) is 0.840. The van der Waals surface area contributed by atoms with Gasteiger partial charge in [-0.3, -0.25) is 19.7 Å². The van der Waals surface area contributed by atoms with Gasteiger partial charge < -0.3 is 9.64 Å².